The summed E-state index contributed by atoms with van der Waals surface area (Å²) in [6.07, 6.45) is -0.521. The number of benzene rings is 2. The Kier molecular flexibility index (Phi) is 4.97. The number of anilines is 3. The molecule has 0 fully saturated rings. The minimum Gasteiger partial charge on any atom is -0.495 e. The quantitative estimate of drug-likeness (QED) is 0.767. The van der Waals surface area contributed by atoms with Crippen LogP contribution in [0.15, 0.2) is 42.5 Å². The Hall–Kier alpha value is -3.22. The largest absolute Gasteiger partial charge is 0.495 e. The molecule has 0 bridgehead atoms. The van der Waals surface area contributed by atoms with Gasteiger partial charge in [0, 0.05) is 5.69 Å². The van der Waals surface area contributed by atoms with Gasteiger partial charge in [0.25, 0.3) is 5.91 Å². The number of ether oxygens (including phenoxy) is 2. The van der Waals surface area contributed by atoms with Crippen LogP contribution in [0.25, 0.3) is 0 Å². The molecule has 0 saturated heterocycles. The number of hydrogen-bond acceptors (Lipinski definition) is 5. The van der Waals surface area contributed by atoms with E-state index in [-0.39, 0.29) is 11.8 Å². The highest BCUT2D eigenvalue weighted by Gasteiger charge is 2.24. The standard InChI is InChI=1S/C19H21N3O4/c1-11(18(23)21-14-6-4-5-7-16(14)25-3)20-13-8-9-17-15(10-13)22-19(24)12(2)26-17/h4-12,20H,1-3H3,(H,21,23)(H,22,24). The molecule has 1 aliphatic rings. The summed E-state index contributed by atoms with van der Waals surface area (Å²) in [5.74, 6) is 0.794. The molecule has 7 nitrogen and oxygen atoms in total. The van der Waals surface area contributed by atoms with Gasteiger partial charge in [-0.2, -0.15) is 0 Å². The van der Waals surface area contributed by atoms with Crippen molar-refractivity contribution in [2.45, 2.75) is 26.0 Å². The number of methoxy groups -OCH3 is 1. The van der Waals surface area contributed by atoms with Crippen LogP contribution in [0.5, 0.6) is 11.5 Å². The molecule has 3 N–H and O–H groups in total. The maximum absolute atomic E-state index is 12.4. The molecule has 2 aromatic carbocycles. The summed E-state index contributed by atoms with van der Waals surface area (Å²) < 4.78 is 10.8. The normalized spacial score (nSPS) is 16.6. The van der Waals surface area contributed by atoms with E-state index in [9.17, 15) is 9.59 Å². The fourth-order valence-electron chi connectivity index (χ4n) is 2.60. The van der Waals surface area contributed by atoms with Crippen LogP contribution in [0.1, 0.15) is 13.8 Å². The first kappa shape index (κ1) is 17.6. The molecule has 0 spiro atoms. The van der Waals surface area contributed by atoms with Gasteiger partial charge in [0.15, 0.2) is 6.10 Å². The fourth-order valence-corrected chi connectivity index (χ4v) is 2.60. The van der Waals surface area contributed by atoms with E-state index in [2.05, 4.69) is 16.0 Å². The van der Waals surface area contributed by atoms with Gasteiger partial charge in [-0.3, -0.25) is 9.59 Å². The molecule has 3 rings (SSSR count). The zero-order valence-corrected chi connectivity index (χ0v) is 14.8. The topological polar surface area (TPSA) is 88.7 Å². The van der Waals surface area contributed by atoms with Gasteiger partial charge >= 0.3 is 0 Å². The summed E-state index contributed by atoms with van der Waals surface area (Å²) in [5.41, 5.74) is 1.88. The Bertz CT molecular complexity index is 837. The first-order valence-electron chi connectivity index (χ1n) is 8.30. The first-order valence-corrected chi connectivity index (χ1v) is 8.30. The average Bonchev–Trinajstić information content (AvgIpc) is 2.63. The van der Waals surface area contributed by atoms with E-state index in [1.165, 1.54) is 0 Å². The maximum atomic E-state index is 12.4. The van der Waals surface area contributed by atoms with Crippen LogP contribution in [0.2, 0.25) is 0 Å². The lowest BCUT2D eigenvalue weighted by Crippen LogP contribution is -2.34. The minimum atomic E-state index is -0.521. The smallest absolute Gasteiger partial charge is 0.265 e. The van der Waals surface area contributed by atoms with Crippen LogP contribution in [0.3, 0.4) is 0 Å². The highest BCUT2D eigenvalue weighted by molar-refractivity contribution is 5.99. The molecule has 2 atom stereocenters. The molecule has 7 heteroatoms. The van der Waals surface area contributed by atoms with Crippen molar-refractivity contribution >= 4 is 28.9 Å². The van der Waals surface area contributed by atoms with Crippen LogP contribution >= 0.6 is 0 Å². The highest BCUT2D eigenvalue weighted by Crippen LogP contribution is 2.32. The Balaban J connectivity index is 1.68. The minimum absolute atomic E-state index is 0.198. The molecule has 0 radical (unpaired) electrons. The summed E-state index contributed by atoms with van der Waals surface area (Å²) in [6, 6.07) is 12.0. The second kappa shape index (κ2) is 7.35. The molecule has 2 amide bonds. The van der Waals surface area contributed by atoms with Gasteiger partial charge in [-0.05, 0) is 44.2 Å². The summed E-state index contributed by atoms with van der Waals surface area (Å²) in [5, 5.41) is 8.74. The second-order valence-corrected chi connectivity index (χ2v) is 6.02. The number of para-hydroxylation sites is 2. The first-order chi connectivity index (χ1) is 12.5. The van der Waals surface area contributed by atoms with Crippen molar-refractivity contribution < 1.29 is 19.1 Å². The van der Waals surface area contributed by atoms with Gasteiger partial charge in [-0.15, -0.1) is 0 Å². The lowest BCUT2D eigenvalue weighted by atomic mass is 10.2. The lowest BCUT2D eigenvalue weighted by Gasteiger charge is -2.24. The summed E-state index contributed by atoms with van der Waals surface area (Å²) in [7, 11) is 1.55. The number of rotatable bonds is 5. The fraction of sp³-hybridized carbons (Fsp3) is 0.263. The highest BCUT2D eigenvalue weighted by atomic mass is 16.5. The predicted molar refractivity (Wildman–Crippen MR) is 99.9 cm³/mol. The van der Waals surface area contributed by atoms with Gasteiger partial charge in [0.1, 0.15) is 17.5 Å². The number of fused-ring (bicyclic) bond motifs is 1. The molecule has 0 saturated carbocycles. The van der Waals surface area contributed by atoms with E-state index in [4.69, 9.17) is 9.47 Å². The van der Waals surface area contributed by atoms with Crippen LogP contribution in [0, 0.1) is 0 Å². The van der Waals surface area contributed by atoms with Gasteiger partial charge in [-0.1, -0.05) is 12.1 Å². The molecule has 0 aromatic heterocycles. The van der Waals surface area contributed by atoms with Crippen LogP contribution in [0.4, 0.5) is 17.1 Å². The number of carbonyl (C=O) groups is 2. The molecule has 136 valence electrons. The number of hydrogen-bond donors (Lipinski definition) is 3. The molecular weight excluding hydrogens is 334 g/mol. The van der Waals surface area contributed by atoms with E-state index in [0.29, 0.717) is 28.6 Å². The van der Waals surface area contributed by atoms with Crippen molar-refractivity contribution in [3.8, 4) is 11.5 Å². The Morgan fingerprint density at radius 2 is 2.04 bits per heavy atom. The third-order valence-electron chi connectivity index (χ3n) is 4.05. The van der Waals surface area contributed by atoms with E-state index in [0.717, 1.165) is 0 Å². The zero-order chi connectivity index (χ0) is 18.7. The third kappa shape index (κ3) is 3.72. The van der Waals surface area contributed by atoms with Crippen molar-refractivity contribution in [2.75, 3.05) is 23.1 Å². The van der Waals surface area contributed by atoms with E-state index < -0.39 is 12.1 Å². The molecule has 1 heterocycles. The number of nitrogens with one attached hydrogen (secondary N) is 3. The molecule has 26 heavy (non-hydrogen) atoms. The van der Waals surface area contributed by atoms with E-state index >= 15 is 0 Å². The molecule has 2 unspecified atom stereocenters. The summed E-state index contributed by atoms with van der Waals surface area (Å²) in [4.78, 5) is 24.2. The molecule has 1 aliphatic heterocycles. The van der Waals surface area contributed by atoms with Crippen molar-refractivity contribution in [3.05, 3.63) is 42.5 Å². The van der Waals surface area contributed by atoms with Gasteiger partial charge in [0.05, 0.1) is 18.5 Å². The predicted octanol–water partition coefficient (Wildman–Crippen LogP) is 2.85. The number of carbonyl (C=O) groups excluding carboxylic acids is 2. The van der Waals surface area contributed by atoms with Gasteiger partial charge < -0.3 is 25.4 Å². The molecular formula is C19H21N3O4. The summed E-state index contributed by atoms with van der Waals surface area (Å²) in [6.45, 7) is 3.44. The molecule has 2 aromatic rings. The van der Waals surface area contributed by atoms with E-state index in [1.807, 2.05) is 12.1 Å². The van der Waals surface area contributed by atoms with Crippen LogP contribution < -0.4 is 25.4 Å². The zero-order valence-electron chi connectivity index (χ0n) is 14.8. The van der Waals surface area contributed by atoms with Crippen molar-refractivity contribution in [2.24, 2.45) is 0 Å². The maximum Gasteiger partial charge on any atom is 0.265 e. The van der Waals surface area contributed by atoms with Crippen molar-refractivity contribution in [1.29, 1.82) is 0 Å². The summed E-state index contributed by atoms with van der Waals surface area (Å²) >= 11 is 0. The Morgan fingerprint density at radius 1 is 1.27 bits per heavy atom. The molecule has 0 aliphatic carbocycles. The third-order valence-corrected chi connectivity index (χ3v) is 4.05. The van der Waals surface area contributed by atoms with Crippen LogP contribution in [-0.2, 0) is 9.59 Å². The SMILES string of the molecule is COc1ccccc1NC(=O)C(C)Nc1ccc2c(c1)NC(=O)C(C)O2. The van der Waals surface area contributed by atoms with Gasteiger partial charge in [0.2, 0.25) is 5.91 Å². The van der Waals surface area contributed by atoms with Crippen LogP contribution in [-0.4, -0.2) is 31.1 Å². The number of amides is 2. The van der Waals surface area contributed by atoms with Gasteiger partial charge in [-0.25, -0.2) is 0 Å². The average molecular weight is 355 g/mol. The Labute approximate surface area is 151 Å². The van der Waals surface area contributed by atoms with E-state index in [1.54, 1.807) is 51.3 Å². The lowest BCUT2D eigenvalue weighted by molar-refractivity contribution is -0.122. The van der Waals surface area contributed by atoms with Crippen molar-refractivity contribution in [3.63, 3.8) is 0 Å². The second-order valence-electron chi connectivity index (χ2n) is 6.02. The van der Waals surface area contributed by atoms with Crippen molar-refractivity contribution in [1.82, 2.24) is 0 Å². The monoisotopic (exact) mass is 355 g/mol. The Morgan fingerprint density at radius 3 is 2.81 bits per heavy atom.